The van der Waals surface area contributed by atoms with Gasteiger partial charge in [0, 0.05) is 25.6 Å². The number of amides is 1. The Morgan fingerprint density at radius 3 is 2.29 bits per heavy atom. The average molecular weight is 482 g/mol. The number of sulfonamides is 1. The molecule has 0 unspecified atom stereocenters. The zero-order valence-corrected chi connectivity index (χ0v) is 20.7. The third kappa shape index (κ3) is 6.14. The van der Waals surface area contributed by atoms with Crippen molar-refractivity contribution in [2.24, 2.45) is 0 Å². The highest BCUT2D eigenvalue weighted by Crippen LogP contribution is 2.26. The topological polar surface area (TPSA) is 79.8 Å². The Balaban J connectivity index is 1.81. The van der Waals surface area contributed by atoms with E-state index >= 15 is 0 Å². The van der Waals surface area contributed by atoms with Gasteiger partial charge in [-0.1, -0.05) is 48.5 Å². The quantitative estimate of drug-likeness (QED) is 0.412. The van der Waals surface area contributed by atoms with Crippen molar-refractivity contribution in [2.45, 2.75) is 31.6 Å². The number of hydrogen-bond acceptors (Lipinski definition) is 5. The predicted molar refractivity (Wildman–Crippen MR) is 134 cm³/mol. The van der Waals surface area contributed by atoms with Gasteiger partial charge in [-0.25, -0.2) is 13.4 Å². The maximum Gasteiger partial charge on any atom is 0.264 e. The molecule has 0 spiro atoms. The summed E-state index contributed by atoms with van der Waals surface area (Å²) >= 11 is 0. The van der Waals surface area contributed by atoms with Gasteiger partial charge in [-0.3, -0.25) is 9.10 Å². The Bertz CT molecular complexity index is 1180. The van der Waals surface area contributed by atoms with Crippen molar-refractivity contribution >= 4 is 21.6 Å². The van der Waals surface area contributed by atoms with Crippen molar-refractivity contribution in [2.75, 3.05) is 31.0 Å². The van der Waals surface area contributed by atoms with E-state index in [4.69, 9.17) is 4.74 Å². The molecule has 180 valence electrons. The van der Waals surface area contributed by atoms with Gasteiger partial charge in [0.15, 0.2) is 0 Å². The van der Waals surface area contributed by atoms with Crippen LogP contribution in [0.2, 0.25) is 0 Å². The van der Waals surface area contributed by atoms with E-state index in [9.17, 15) is 13.2 Å². The lowest BCUT2D eigenvalue weighted by molar-refractivity contribution is -0.130. The van der Waals surface area contributed by atoms with Crippen molar-refractivity contribution in [3.63, 3.8) is 0 Å². The fourth-order valence-electron chi connectivity index (χ4n) is 3.72. The second-order valence-electron chi connectivity index (χ2n) is 7.86. The zero-order chi connectivity index (χ0) is 24.6. The second kappa shape index (κ2) is 11.7. The van der Waals surface area contributed by atoms with Gasteiger partial charge in [-0.2, -0.15) is 0 Å². The molecule has 0 aliphatic rings. The maximum atomic E-state index is 13.7. The molecule has 3 aromatic rings. The van der Waals surface area contributed by atoms with E-state index < -0.39 is 10.0 Å². The Hall–Kier alpha value is -3.39. The van der Waals surface area contributed by atoms with Crippen molar-refractivity contribution in [1.82, 2.24) is 9.88 Å². The van der Waals surface area contributed by atoms with Crippen molar-refractivity contribution in [3.05, 3.63) is 84.1 Å². The van der Waals surface area contributed by atoms with Crippen LogP contribution in [-0.4, -0.2) is 51.0 Å². The molecule has 34 heavy (non-hydrogen) atoms. The third-order valence-corrected chi connectivity index (χ3v) is 7.64. The molecule has 8 heteroatoms. The fraction of sp³-hybridized carbons (Fsp3) is 0.308. The summed E-state index contributed by atoms with van der Waals surface area (Å²) in [6.07, 6.45) is 2.48. The summed E-state index contributed by atoms with van der Waals surface area (Å²) in [5.41, 5.74) is 2.16. The summed E-state index contributed by atoms with van der Waals surface area (Å²) in [6, 6.07) is 20.0. The summed E-state index contributed by atoms with van der Waals surface area (Å²) in [5, 5.41) is 0. The Morgan fingerprint density at radius 1 is 0.971 bits per heavy atom. The lowest BCUT2D eigenvalue weighted by Crippen LogP contribution is -2.41. The normalized spacial score (nSPS) is 11.1. The largest absolute Gasteiger partial charge is 0.481 e. The Morgan fingerprint density at radius 2 is 1.68 bits per heavy atom. The first kappa shape index (κ1) is 25.2. The number of pyridine rings is 1. The van der Waals surface area contributed by atoms with Gasteiger partial charge < -0.3 is 9.64 Å². The van der Waals surface area contributed by atoms with Crippen LogP contribution in [-0.2, 0) is 21.2 Å². The monoisotopic (exact) mass is 481 g/mol. The molecule has 0 aliphatic carbocycles. The highest BCUT2D eigenvalue weighted by molar-refractivity contribution is 7.92. The number of carbonyl (C=O) groups is 1. The van der Waals surface area contributed by atoms with Crippen LogP contribution < -0.4 is 9.04 Å². The number of benzene rings is 2. The van der Waals surface area contributed by atoms with E-state index in [1.54, 1.807) is 48.2 Å². The number of anilines is 1. The molecule has 1 heterocycles. The number of aromatic nitrogens is 1. The maximum absolute atomic E-state index is 13.7. The molecule has 1 aromatic heterocycles. The fourth-order valence-corrected chi connectivity index (χ4v) is 5.39. The first-order chi connectivity index (χ1) is 16.4. The number of nitrogens with zero attached hydrogens (tertiary/aromatic N) is 3. The van der Waals surface area contributed by atoms with Crippen molar-refractivity contribution in [3.8, 4) is 5.88 Å². The number of aryl methyl sites for hydroxylation is 2. The predicted octanol–water partition coefficient (Wildman–Crippen LogP) is 4.08. The summed E-state index contributed by atoms with van der Waals surface area (Å²) < 4.78 is 33.7. The summed E-state index contributed by atoms with van der Waals surface area (Å²) in [5.74, 6) is 0.385. The molecule has 0 bridgehead atoms. The van der Waals surface area contributed by atoms with Gasteiger partial charge in [0.25, 0.3) is 10.0 Å². The van der Waals surface area contributed by atoms with E-state index in [0.29, 0.717) is 36.5 Å². The standard InChI is InChI=1S/C26H31N3O4S/c1-4-28(26(30)17-14-22-11-6-5-7-12-22)18-19-29(23-15-16-25(33-3)27-20-23)34(31,32)24-13-9-8-10-21(24)2/h5-13,15-16,20H,4,14,17-19H2,1-3H3. The summed E-state index contributed by atoms with van der Waals surface area (Å²) in [6.45, 7) is 4.53. The number of hydrogen-bond donors (Lipinski definition) is 0. The second-order valence-corrected chi connectivity index (χ2v) is 9.69. The van der Waals surface area contributed by atoms with E-state index in [1.807, 2.05) is 37.3 Å². The first-order valence-corrected chi connectivity index (χ1v) is 12.7. The average Bonchev–Trinajstić information content (AvgIpc) is 2.86. The minimum absolute atomic E-state index is 0.00699. The lowest BCUT2D eigenvalue weighted by atomic mass is 10.1. The zero-order valence-electron chi connectivity index (χ0n) is 19.8. The van der Waals surface area contributed by atoms with Gasteiger partial charge in [-0.15, -0.1) is 0 Å². The molecular formula is C26H31N3O4S. The van der Waals surface area contributed by atoms with Crippen LogP contribution in [0.15, 0.2) is 77.8 Å². The molecule has 0 N–H and O–H groups in total. The van der Waals surface area contributed by atoms with Gasteiger partial charge >= 0.3 is 0 Å². The highest BCUT2D eigenvalue weighted by Gasteiger charge is 2.27. The van der Waals surface area contributed by atoms with Crippen LogP contribution in [0, 0.1) is 6.92 Å². The minimum atomic E-state index is -3.87. The number of ether oxygens (including phenoxy) is 1. The molecular weight excluding hydrogens is 450 g/mol. The van der Waals surface area contributed by atoms with E-state index in [1.165, 1.54) is 17.6 Å². The minimum Gasteiger partial charge on any atom is -0.481 e. The molecule has 3 rings (SSSR count). The van der Waals surface area contributed by atoms with Crippen LogP contribution >= 0.6 is 0 Å². The summed E-state index contributed by atoms with van der Waals surface area (Å²) in [4.78, 5) is 19.0. The molecule has 0 saturated heterocycles. The third-order valence-electron chi connectivity index (χ3n) is 5.66. The van der Waals surface area contributed by atoms with Crippen LogP contribution in [0.3, 0.4) is 0 Å². The Kier molecular flexibility index (Phi) is 8.65. The first-order valence-electron chi connectivity index (χ1n) is 11.3. The molecule has 2 aromatic carbocycles. The molecule has 0 atom stereocenters. The molecule has 7 nitrogen and oxygen atoms in total. The molecule has 0 radical (unpaired) electrons. The number of rotatable bonds is 11. The van der Waals surface area contributed by atoms with Gasteiger partial charge in [-0.05, 0) is 43.5 Å². The molecule has 1 amide bonds. The van der Waals surface area contributed by atoms with Crippen LogP contribution in [0.25, 0.3) is 0 Å². The van der Waals surface area contributed by atoms with Crippen molar-refractivity contribution in [1.29, 1.82) is 0 Å². The molecule has 0 fully saturated rings. The van der Waals surface area contributed by atoms with Gasteiger partial charge in [0.05, 0.1) is 30.4 Å². The van der Waals surface area contributed by atoms with Crippen LogP contribution in [0.4, 0.5) is 5.69 Å². The molecule has 0 aliphatic heterocycles. The van der Waals surface area contributed by atoms with Gasteiger partial charge in [0.2, 0.25) is 11.8 Å². The van der Waals surface area contributed by atoms with E-state index in [0.717, 1.165) is 5.56 Å². The number of methoxy groups -OCH3 is 1. The van der Waals surface area contributed by atoms with Crippen LogP contribution in [0.5, 0.6) is 5.88 Å². The van der Waals surface area contributed by atoms with E-state index in [-0.39, 0.29) is 23.9 Å². The lowest BCUT2D eigenvalue weighted by Gasteiger charge is -2.28. The summed E-state index contributed by atoms with van der Waals surface area (Å²) in [7, 11) is -2.37. The van der Waals surface area contributed by atoms with Gasteiger partial charge in [0.1, 0.15) is 0 Å². The number of carbonyl (C=O) groups excluding carboxylic acids is 1. The SMILES string of the molecule is CCN(CCN(c1ccc(OC)nc1)S(=O)(=O)c1ccccc1C)C(=O)CCc1ccccc1. The number of likely N-dealkylation sites (N-methyl/N-ethyl adjacent to an activating group) is 1. The smallest absolute Gasteiger partial charge is 0.264 e. The van der Waals surface area contributed by atoms with Crippen LogP contribution in [0.1, 0.15) is 24.5 Å². The van der Waals surface area contributed by atoms with E-state index in [2.05, 4.69) is 4.98 Å². The molecule has 0 saturated carbocycles. The Labute approximate surface area is 202 Å². The van der Waals surface area contributed by atoms with Crippen molar-refractivity contribution < 1.29 is 17.9 Å². The highest BCUT2D eigenvalue weighted by atomic mass is 32.2.